The molecule has 2 aliphatic rings. The van der Waals surface area contributed by atoms with E-state index in [2.05, 4.69) is 34.6 Å². The van der Waals surface area contributed by atoms with Gasteiger partial charge < -0.3 is 4.74 Å². The highest BCUT2D eigenvalue weighted by Gasteiger charge is 2.47. The zero-order valence-corrected chi connectivity index (χ0v) is 16.5. The van der Waals surface area contributed by atoms with Crippen molar-refractivity contribution in [1.82, 2.24) is 4.31 Å². The van der Waals surface area contributed by atoms with E-state index in [4.69, 9.17) is 4.74 Å². The van der Waals surface area contributed by atoms with Gasteiger partial charge in [0.25, 0.3) is 0 Å². The van der Waals surface area contributed by atoms with Gasteiger partial charge in [0.2, 0.25) is 10.0 Å². The molecular weight excluding hydrogens is 310 g/mol. The summed E-state index contributed by atoms with van der Waals surface area (Å²) in [6, 6.07) is 0.188. The van der Waals surface area contributed by atoms with E-state index >= 15 is 0 Å². The first-order chi connectivity index (χ1) is 10.6. The fourth-order valence-corrected chi connectivity index (χ4v) is 5.91. The molecular formula is C18H35NO3S. The van der Waals surface area contributed by atoms with Crippen molar-refractivity contribution in [2.24, 2.45) is 17.3 Å². The molecule has 0 spiro atoms. The molecule has 0 N–H and O–H groups in total. The lowest BCUT2D eigenvalue weighted by molar-refractivity contribution is -0.118. The SMILES string of the molecule is CCC1CCS(=O)(=O)N(CC)C1C1CC(OC(C)C(C)(C)C)C1. The van der Waals surface area contributed by atoms with Crippen molar-refractivity contribution in [3.8, 4) is 0 Å². The van der Waals surface area contributed by atoms with E-state index in [0.29, 0.717) is 30.2 Å². The van der Waals surface area contributed by atoms with Crippen molar-refractivity contribution in [2.75, 3.05) is 12.3 Å². The third-order valence-corrected chi connectivity index (χ3v) is 7.95. The van der Waals surface area contributed by atoms with Crippen LogP contribution < -0.4 is 0 Å². The molecule has 0 aromatic carbocycles. The maximum atomic E-state index is 12.4. The Morgan fingerprint density at radius 3 is 2.30 bits per heavy atom. The van der Waals surface area contributed by atoms with Crippen molar-refractivity contribution in [2.45, 2.75) is 85.5 Å². The first kappa shape index (κ1) is 19.2. The van der Waals surface area contributed by atoms with Crippen molar-refractivity contribution >= 4 is 10.0 Å². The van der Waals surface area contributed by atoms with Gasteiger partial charge in [-0.2, -0.15) is 4.31 Å². The highest BCUT2D eigenvalue weighted by molar-refractivity contribution is 7.89. The predicted molar refractivity (Wildman–Crippen MR) is 94.9 cm³/mol. The van der Waals surface area contributed by atoms with E-state index in [-0.39, 0.29) is 17.6 Å². The third-order valence-electron chi connectivity index (χ3n) is 5.99. The molecule has 5 heteroatoms. The standard InChI is InChI=1S/C18H35NO3S/c1-7-14-9-10-23(20,21)19(8-2)17(14)15-11-16(12-15)22-13(3)18(4,5)6/h13-17H,7-12H2,1-6H3. The number of rotatable bonds is 5. The third kappa shape index (κ3) is 4.10. The molecule has 3 unspecified atom stereocenters. The van der Waals surface area contributed by atoms with E-state index in [1.54, 1.807) is 4.31 Å². The Labute approximate surface area is 143 Å². The molecule has 4 nitrogen and oxygen atoms in total. The summed E-state index contributed by atoms with van der Waals surface area (Å²) in [5.74, 6) is 1.29. The van der Waals surface area contributed by atoms with E-state index in [1.165, 1.54) is 0 Å². The van der Waals surface area contributed by atoms with Crippen LogP contribution in [0.5, 0.6) is 0 Å². The summed E-state index contributed by atoms with van der Waals surface area (Å²) < 4.78 is 32.8. The van der Waals surface area contributed by atoms with Gasteiger partial charge in [0, 0.05) is 12.6 Å². The minimum absolute atomic E-state index is 0.153. The lowest BCUT2D eigenvalue weighted by atomic mass is 9.71. The van der Waals surface area contributed by atoms with Crippen molar-refractivity contribution < 1.29 is 13.2 Å². The van der Waals surface area contributed by atoms with Crippen molar-refractivity contribution in [1.29, 1.82) is 0 Å². The fourth-order valence-electron chi connectivity index (χ4n) is 3.97. The maximum Gasteiger partial charge on any atom is 0.214 e. The van der Waals surface area contributed by atoms with Crippen molar-refractivity contribution in [3.63, 3.8) is 0 Å². The van der Waals surface area contributed by atoms with E-state index in [0.717, 1.165) is 25.7 Å². The highest BCUT2D eigenvalue weighted by atomic mass is 32.2. The van der Waals surface area contributed by atoms with Gasteiger partial charge in [-0.1, -0.05) is 41.0 Å². The molecule has 0 aromatic heterocycles. The number of sulfonamides is 1. The fraction of sp³-hybridized carbons (Fsp3) is 1.00. The Morgan fingerprint density at radius 2 is 1.83 bits per heavy atom. The van der Waals surface area contributed by atoms with Crippen LogP contribution in [0.2, 0.25) is 0 Å². The average Bonchev–Trinajstić information content (AvgIpc) is 2.40. The normalized spacial score (nSPS) is 36.4. The molecule has 0 bridgehead atoms. The summed E-state index contributed by atoms with van der Waals surface area (Å²) in [6.45, 7) is 13.5. The van der Waals surface area contributed by atoms with Gasteiger partial charge in [-0.05, 0) is 43.4 Å². The largest absolute Gasteiger partial charge is 0.375 e. The summed E-state index contributed by atoms with van der Waals surface area (Å²) in [5.41, 5.74) is 0.153. The Kier molecular flexibility index (Phi) is 5.85. The number of hydrogen-bond donors (Lipinski definition) is 0. The highest BCUT2D eigenvalue weighted by Crippen LogP contribution is 2.43. The van der Waals surface area contributed by atoms with Crippen LogP contribution >= 0.6 is 0 Å². The van der Waals surface area contributed by atoms with Crippen LogP contribution in [0, 0.1) is 17.3 Å². The van der Waals surface area contributed by atoms with Gasteiger partial charge in [0.1, 0.15) is 0 Å². The molecule has 23 heavy (non-hydrogen) atoms. The Morgan fingerprint density at radius 1 is 1.22 bits per heavy atom. The lowest BCUT2D eigenvalue weighted by Gasteiger charge is -2.50. The molecule has 0 radical (unpaired) electrons. The molecule has 0 aromatic rings. The molecule has 2 rings (SSSR count). The van der Waals surface area contributed by atoms with Crippen LogP contribution in [0.25, 0.3) is 0 Å². The summed E-state index contributed by atoms with van der Waals surface area (Å²) in [7, 11) is -3.06. The zero-order chi connectivity index (χ0) is 17.4. The summed E-state index contributed by atoms with van der Waals surface area (Å²) in [5, 5.41) is 0. The molecule has 1 aliphatic carbocycles. The first-order valence-electron chi connectivity index (χ1n) is 9.25. The van der Waals surface area contributed by atoms with Crippen LogP contribution in [-0.2, 0) is 14.8 Å². The molecule has 1 heterocycles. The van der Waals surface area contributed by atoms with Gasteiger partial charge in [-0.25, -0.2) is 8.42 Å². The number of ether oxygens (including phenoxy) is 1. The lowest BCUT2D eigenvalue weighted by Crippen LogP contribution is -2.57. The monoisotopic (exact) mass is 345 g/mol. The second kappa shape index (κ2) is 7.01. The van der Waals surface area contributed by atoms with Crippen LogP contribution in [0.15, 0.2) is 0 Å². The summed E-state index contributed by atoms with van der Waals surface area (Å²) >= 11 is 0. The van der Waals surface area contributed by atoms with Gasteiger partial charge in [-0.15, -0.1) is 0 Å². The quantitative estimate of drug-likeness (QED) is 0.764. The Bertz CT molecular complexity index is 491. The van der Waals surface area contributed by atoms with Crippen molar-refractivity contribution in [3.05, 3.63) is 0 Å². The topological polar surface area (TPSA) is 46.6 Å². The minimum Gasteiger partial charge on any atom is -0.375 e. The molecule has 0 amide bonds. The van der Waals surface area contributed by atoms with Gasteiger partial charge >= 0.3 is 0 Å². The number of nitrogens with zero attached hydrogens (tertiary/aromatic N) is 1. The van der Waals surface area contributed by atoms with E-state index in [9.17, 15) is 8.42 Å². The summed E-state index contributed by atoms with van der Waals surface area (Å²) in [4.78, 5) is 0. The molecule has 1 saturated heterocycles. The molecule has 1 saturated carbocycles. The first-order valence-corrected chi connectivity index (χ1v) is 10.9. The van der Waals surface area contributed by atoms with Crippen LogP contribution in [0.3, 0.4) is 0 Å². The predicted octanol–water partition coefficient (Wildman–Crippen LogP) is 3.67. The second-order valence-corrected chi connectivity index (χ2v) is 10.5. The number of hydrogen-bond acceptors (Lipinski definition) is 3. The smallest absolute Gasteiger partial charge is 0.214 e. The average molecular weight is 346 g/mol. The molecule has 136 valence electrons. The summed E-state index contributed by atoms with van der Waals surface area (Å²) in [6.07, 6.45) is 4.43. The Balaban J connectivity index is 2.00. The zero-order valence-electron chi connectivity index (χ0n) is 15.7. The Hall–Kier alpha value is -0.130. The van der Waals surface area contributed by atoms with Crippen LogP contribution in [0.1, 0.15) is 67.2 Å². The van der Waals surface area contributed by atoms with Crippen LogP contribution in [0.4, 0.5) is 0 Å². The minimum atomic E-state index is -3.06. The maximum absolute atomic E-state index is 12.4. The van der Waals surface area contributed by atoms with Crippen LogP contribution in [-0.4, -0.2) is 43.3 Å². The van der Waals surface area contributed by atoms with Gasteiger partial charge in [-0.3, -0.25) is 0 Å². The van der Waals surface area contributed by atoms with Gasteiger partial charge in [0.05, 0.1) is 18.0 Å². The van der Waals surface area contributed by atoms with E-state index in [1.807, 2.05) is 6.92 Å². The molecule has 2 fully saturated rings. The second-order valence-electron chi connectivity index (χ2n) is 8.46. The van der Waals surface area contributed by atoms with E-state index < -0.39 is 10.0 Å². The molecule has 1 aliphatic heterocycles. The van der Waals surface area contributed by atoms with Gasteiger partial charge in [0.15, 0.2) is 0 Å². The molecule has 3 atom stereocenters.